The molecular weight excluding hydrogens is 1260 g/mol. The standard InChI is InChI=1S/C78H103O18P/c1-3-5-7-9-11-13-15-17-18-20-22-24-26-28-45-57-67(80)90-65(58-88-66(79)56-44-27-25-23-21-19-16-14-12-10-8-6-4-2)59-89-97(86,87)96-73-71(94-77(84)63-52-40-32-41-53-63)69(92-75(82)61-48-36-30-37-49-61)68(91-74(81)60-46-34-29-35-47-60)70(93-76(83)62-50-38-31-39-51-62)72(73)95-78(85)64-54-42-33-43-55-64/h29-43,46-55,65,68-73H,3-28,44-45,56-59H2,1-2H3,(H,86,87)/t65-,68?,69-,70+,71-,72-,73?/m1/s1. The van der Waals surface area contributed by atoms with Gasteiger partial charge < -0.3 is 38.1 Å². The number of ether oxygens (including phenoxy) is 7. The Labute approximate surface area is 574 Å². The molecule has 528 valence electrons. The molecule has 0 aliphatic heterocycles. The first-order valence-electron chi connectivity index (χ1n) is 35.6. The molecule has 0 radical (unpaired) electrons. The van der Waals surface area contributed by atoms with Crippen LogP contribution >= 0.6 is 7.82 Å². The summed E-state index contributed by atoms with van der Waals surface area (Å²) in [4.78, 5) is 112. The Morgan fingerprint density at radius 2 is 0.567 bits per heavy atom. The highest BCUT2D eigenvalue weighted by molar-refractivity contribution is 7.47. The molecule has 19 heteroatoms. The number of hydrogen-bond acceptors (Lipinski definition) is 17. The predicted octanol–water partition coefficient (Wildman–Crippen LogP) is 17.8. The molecule has 0 saturated heterocycles. The summed E-state index contributed by atoms with van der Waals surface area (Å²) >= 11 is 0. The van der Waals surface area contributed by atoms with Crippen LogP contribution < -0.4 is 0 Å². The fourth-order valence-electron chi connectivity index (χ4n) is 11.6. The quantitative estimate of drug-likeness (QED) is 0.0165. The summed E-state index contributed by atoms with van der Waals surface area (Å²) in [6.45, 7) is 2.95. The van der Waals surface area contributed by atoms with Gasteiger partial charge in [-0.3, -0.25) is 18.6 Å². The molecule has 5 aromatic carbocycles. The van der Waals surface area contributed by atoms with Gasteiger partial charge in [-0.15, -0.1) is 0 Å². The summed E-state index contributed by atoms with van der Waals surface area (Å²) in [7, 11) is -5.74. The third-order valence-electron chi connectivity index (χ3n) is 17.1. The van der Waals surface area contributed by atoms with Gasteiger partial charge in [0, 0.05) is 12.8 Å². The van der Waals surface area contributed by atoms with E-state index in [-0.39, 0.29) is 40.7 Å². The lowest BCUT2D eigenvalue weighted by atomic mass is 9.83. The number of hydrogen-bond donors (Lipinski definition) is 1. The van der Waals surface area contributed by atoms with Gasteiger partial charge in [0.15, 0.2) is 42.7 Å². The zero-order valence-electron chi connectivity index (χ0n) is 56.9. The Bertz CT molecular complexity index is 2980. The first-order chi connectivity index (χ1) is 47.3. The summed E-state index contributed by atoms with van der Waals surface area (Å²) in [6.07, 6.45) is 16.9. The van der Waals surface area contributed by atoms with Crippen molar-refractivity contribution in [3.8, 4) is 0 Å². The van der Waals surface area contributed by atoms with E-state index in [1.807, 2.05) is 0 Å². The molecule has 1 aliphatic carbocycles. The zero-order chi connectivity index (χ0) is 69.1. The van der Waals surface area contributed by atoms with Crippen LogP contribution in [0.1, 0.15) is 258 Å². The number of carbonyl (C=O) groups excluding carboxylic acids is 7. The van der Waals surface area contributed by atoms with Gasteiger partial charge in [-0.1, -0.05) is 272 Å². The molecule has 0 spiro atoms. The van der Waals surface area contributed by atoms with Crippen LogP contribution in [-0.2, 0) is 56.4 Å². The van der Waals surface area contributed by atoms with E-state index in [0.717, 1.165) is 57.8 Å². The highest BCUT2D eigenvalue weighted by Gasteiger charge is 2.62. The lowest BCUT2D eigenvalue weighted by Crippen LogP contribution is -2.68. The van der Waals surface area contributed by atoms with E-state index in [1.54, 1.807) is 66.7 Å². The average molecular weight is 1360 g/mol. The van der Waals surface area contributed by atoms with Gasteiger partial charge in [0.25, 0.3) is 0 Å². The van der Waals surface area contributed by atoms with Crippen molar-refractivity contribution in [3.05, 3.63) is 179 Å². The highest BCUT2D eigenvalue weighted by Crippen LogP contribution is 2.49. The van der Waals surface area contributed by atoms with Crippen molar-refractivity contribution in [2.75, 3.05) is 13.2 Å². The van der Waals surface area contributed by atoms with Crippen LogP contribution in [0.5, 0.6) is 0 Å². The van der Waals surface area contributed by atoms with Crippen molar-refractivity contribution in [2.24, 2.45) is 0 Å². The minimum Gasteiger partial charge on any atom is -0.462 e. The highest BCUT2D eigenvalue weighted by atomic mass is 31.2. The van der Waals surface area contributed by atoms with E-state index in [2.05, 4.69) is 13.8 Å². The zero-order valence-corrected chi connectivity index (χ0v) is 57.8. The largest absolute Gasteiger partial charge is 0.472 e. The van der Waals surface area contributed by atoms with Gasteiger partial charge in [0.2, 0.25) is 0 Å². The summed E-state index contributed by atoms with van der Waals surface area (Å²) in [6, 6.07) is 37.6. The monoisotopic (exact) mass is 1360 g/mol. The molecule has 0 heterocycles. The van der Waals surface area contributed by atoms with Crippen molar-refractivity contribution in [3.63, 3.8) is 0 Å². The van der Waals surface area contributed by atoms with Gasteiger partial charge in [-0.05, 0) is 73.5 Å². The number of phosphoric ester groups is 1. The summed E-state index contributed by atoms with van der Waals surface area (Å²) in [5.41, 5.74) is -0.315. The van der Waals surface area contributed by atoms with Gasteiger partial charge in [0.05, 0.1) is 34.4 Å². The van der Waals surface area contributed by atoms with Crippen LogP contribution in [0.25, 0.3) is 0 Å². The minimum atomic E-state index is -5.74. The first kappa shape index (κ1) is 78.5. The van der Waals surface area contributed by atoms with Crippen molar-refractivity contribution >= 4 is 49.6 Å². The number of unbranched alkanes of at least 4 members (excludes halogenated alkanes) is 26. The minimum absolute atomic E-state index is 0.0118. The number of rotatable bonds is 48. The Hall–Kier alpha value is -7.50. The normalized spacial score (nSPS) is 17.6. The van der Waals surface area contributed by atoms with Gasteiger partial charge in [-0.2, -0.15) is 0 Å². The molecule has 1 fully saturated rings. The first-order valence-corrected chi connectivity index (χ1v) is 37.1. The van der Waals surface area contributed by atoms with Crippen LogP contribution in [0.15, 0.2) is 152 Å². The van der Waals surface area contributed by atoms with Crippen molar-refractivity contribution in [2.45, 2.75) is 249 Å². The summed E-state index contributed by atoms with van der Waals surface area (Å²) in [5, 5.41) is 0. The lowest BCUT2D eigenvalue weighted by Gasteiger charge is -2.47. The Morgan fingerprint density at radius 3 is 0.835 bits per heavy atom. The average Bonchev–Trinajstić information content (AvgIpc) is 0.752. The number of carbonyl (C=O) groups is 7. The predicted molar refractivity (Wildman–Crippen MR) is 370 cm³/mol. The second-order valence-corrected chi connectivity index (χ2v) is 26.4. The van der Waals surface area contributed by atoms with Crippen LogP contribution in [-0.4, -0.2) is 103 Å². The number of benzene rings is 5. The molecule has 5 aromatic rings. The molecule has 8 atom stereocenters. The molecule has 0 aromatic heterocycles. The number of phosphoric acid groups is 1. The molecule has 0 amide bonds. The van der Waals surface area contributed by atoms with E-state index in [4.69, 9.17) is 42.2 Å². The summed E-state index contributed by atoms with van der Waals surface area (Å²) in [5.74, 6) is -6.79. The molecular formula is C78H103O18P. The smallest absolute Gasteiger partial charge is 0.462 e. The molecule has 3 unspecified atom stereocenters. The van der Waals surface area contributed by atoms with Crippen LogP contribution in [0.3, 0.4) is 0 Å². The second kappa shape index (κ2) is 45.9. The Balaban J connectivity index is 1.27. The van der Waals surface area contributed by atoms with Crippen molar-refractivity contribution in [1.29, 1.82) is 0 Å². The van der Waals surface area contributed by atoms with Crippen LogP contribution in [0.2, 0.25) is 0 Å². The second-order valence-electron chi connectivity index (χ2n) is 25.0. The summed E-state index contributed by atoms with van der Waals surface area (Å²) < 4.78 is 69.4. The van der Waals surface area contributed by atoms with E-state index in [0.29, 0.717) is 12.8 Å². The third kappa shape index (κ3) is 30.0. The maximum Gasteiger partial charge on any atom is 0.472 e. The maximum absolute atomic E-state index is 15.0. The molecule has 1 aliphatic rings. The fraction of sp³-hybridized carbons (Fsp3) is 0.526. The van der Waals surface area contributed by atoms with E-state index in [1.165, 1.54) is 194 Å². The molecule has 18 nitrogen and oxygen atoms in total. The van der Waals surface area contributed by atoms with E-state index >= 15 is 4.57 Å². The van der Waals surface area contributed by atoms with Crippen molar-refractivity contribution in [1.82, 2.24) is 0 Å². The van der Waals surface area contributed by atoms with Gasteiger partial charge in [0.1, 0.15) is 6.61 Å². The maximum atomic E-state index is 15.0. The lowest BCUT2D eigenvalue weighted by molar-refractivity contribution is -0.220. The molecule has 6 rings (SSSR count). The van der Waals surface area contributed by atoms with E-state index < -0.39 is 106 Å². The molecule has 0 bridgehead atoms. The Kier molecular flexibility index (Phi) is 37.1. The van der Waals surface area contributed by atoms with Gasteiger partial charge >= 0.3 is 49.6 Å². The molecule has 97 heavy (non-hydrogen) atoms. The third-order valence-corrected chi connectivity index (χ3v) is 18.1. The van der Waals surface area contributed by atoms with Crippen LogP contribution in [0.4, 0.5) is 0 Å². The van der Waals surface area contributed by atoms with E-state index in [9.17, 15) is 38.5 Å². The SMILES string of the molecule is CCCCCCCCCCCCCCCCCC(=O)O[C@H](COC(=O)CCCCCCCCCCCCCCC)COP(=O)(O)OC1[C@H](OC(=O)c2ccccc2)[C@H](OC(=O)c2ccccc2)C(OC(=O)c2ccccc2)[C@H](OC(=O)c2ccccc2)[C@H]1OC(=O)c1ccccc1. The fourth-order valence-corrected chi connectivity index (χ4v) is 12.6. The van der Waals surface area contributed by atoms with Crippen molar-refractivity contribution < 1.29 is 85.2 Å². The molecule has 1 N–H and O–H groups in total. The Morgan fingerprint density at radius 1 is 0.330 bits per heavy atom. The number of esters is 7. The topological polar surface area (TPSA) is 240 Å². The molecule has 1 saturated carbocycles. The van der Waals surface area contributed by atoms with Crippen LogP contribution in [0, 0.1) is 0 Å². The van der Waals surface area contributed by atoms with Gasteiger partial charge in [-0.25, -0.2) is 28.5 Å².